The molecule has 0 fully saturated rings. The molecule has 0 aromatic heterocycles. The maximum absolute atomic E-state index is 12.1. The van der Waals surface area contributed by atoms with Crippen LogP contribution in [0, 0.1) is 0 Å². The molecular weight excluding hydrogens is 256 g/mol. The molecule has 5 nitrogen and oxygen atoms in total. The van der Waals surface area contributed by atoms with Crippen molar-refractivity contribution in [2.75, 3.05) is 7.11 Å². The van der Waals surface area contributed by atoms with Crippen molar-refractivity contribution in [2.24, 2.45) is 5.84 Å². The molecule has 5 heteroatoms. The average Bonchev–Trinajstić information content (AvgIpc) is 2.54. The van der Waals surface area contributed by atoms with E-state index < -0.39 is 11.5 Å². The molecule has 0 aliphatic rings. The highest BCUT2D eigenvalue weighted by atomic mass is 16.5. The zero-order valence-electron chi connectivity index (χ0n) is 11.0. The second kappa shape index (κ2) is 5.73. The molecule has 0 aliphatic heterocycles. The van der Waals surface area contributed by atoms with Crippen LogP contribution in [-0.2, 0) is 10.4 Å². The highest BCUT2D eigenvalue weighted by Gasteiger charge is 2.39. The average molecular weight is 272 g/mol. The molecule has 4 N–H and O–H groups in total. The summed E-state index contributed by atoms with van der Waals surface area (Å²) in [6.07, 6.45) is 0. The van der Waals surface area contributed by atoms with Gasteiger partial charge < -0.3 is 9.84 Å². The highest BCUT2D eigenvalue weighted by Crippen LogP contribution is 2.30. The molecule has 1 atom stereocenters. The summed E-state index contributed by atoms with van der Waals surface area (Å²) in [6, 6.07) is 15.2. The number of nitrogens with two attached hydrogens (primary N) is 1. The van der Waals surface area contributed by atoms with E-state index in [1.165, 1.54) is 0 Å². The summed E-state index contributed by atoms with van der Waals surface area (Å²) < 4.78 is 5.07. The normalized spacial score (nSPS) is 13.3. The van der Waals surface area contributed by atoms with Crippen molar-refractivity contribution in [1.29, 1.82) is 0 Å². The van der Waals surface area contributed by atoms with Gasteiger partial charge in [-0.3, -0.25) is 10.2 Å². The van der Waals surface area contributed by atoms with Gasteiger partial charge in [-0.25, -0.2) is 5.84 Å². The number of hydrogen-bond acceptors (Lipinski definition) is 4. The molecule has 2 aromatic carbocycles. The Balaban J connectivity index is 2.54. The monoisotopic (exact) mass is 272 g/mol. The van der Waals surface area contributed by atoms with E-state index in [9.17, 15) is 9.90 Å². The first kappa shape index (κ1) is 14.0. The van der Waals surface area contributed by atoms with Crippen molar-refractivity contribution >= 4 is 5.91 Å². The molecule has 104 valence electrons. The third-order valence-corrected chi connectivity index (χ3v) is 3.16. The topological polar surface area (TPSA) is 84.6 Å². The highest BCUT2D eigenvalue weighted by molar-refractivity contribution is 5.89. The van der Waals surface area contributed by atoms with Gasteiger partial charge in [0.1, 0.15) is 5.75 Å². The number of carbonyl (C=O) groups excluding carboxylic acids is 1. The summed E-state index contributed by atoms with van der Waals surface area (Å²) in [5, 5.41) is 10.9. The van der Waals surface area contributed by atoms with E-state index in [-0.39, 0.29) is 0 Å². The van der Waals surface area contributed by atoms with Crippen LogP contribution in [0.15, 0.2) is 54.6 Å². The van der Waals surface area contributed by atoms with Gasteiger partial charge in [0, 0.05) is 0 Å². The molecular formula is C15H16N2O3. The Labute approximate surface area is 117 Å². The maximum atomic E-state index is 12.1. The van der Waals surface area contributed by atoms with Crippen molar-refractivity contribution in [2.45, 2.75) is 5.60 Å². The minimum absolute atomic E-state index is 0.410. The molecule has 2 aromatic rings. The molecule has 0 heterocycles. The van der Waals surface area contributed by atoms with Crippen LogP contribution in [0.5, 0.6) is 5.75 Å². The Morgan fingerprint density at radius 3 is 2.15 bits per heavy atom. The van der Waals surface area contributed by atoms with E-state index in [0.717, 1.165) is 0 Å². The van der Waals surface area contributed by atoms with Crippen molar-refractivity contribution in [1.82, 2.24) is 5.43 Å². The fourth-order valence-electron chi connectivity index (χ4n) is 2.04. The van der Waals surface area contributed by atoms with Gasteiger partial charge in [0.25, 0.3) is 5.91 Å². The van der Waals surface area contributed by atoms with Gasteiger partial charge in [-0.2, -0.15) is 0 Å². The fourth-order valence-corrected chi connectivity index (χ4v) is 2.04. The first-order valence-corrected chi connectivity index (χ1v) is 6.06. The van der Waals surface area contributed by atoms with Gasteiger partial charge in [0.05, 0.1) is 7.11 Å². The number of carbonyl (C=O) groups is 1. The Kier molecular flexibility index (Phi) is 4.02. The van der Waals surface area contributed by atoms with Gasteiger partial charge >= 0.3 is 0 Å². The van der Waals surface area contributed by atoms with E-state index in [4.69, 9.17) is 10.6 Å². The molecule has 0 aliphatic carbocycles. The lowest BCUT2D eigenvalue weighted by molar-refractivity contribution is -0.136. The molecule has 20 heavy (non-hydrogen) atoms. The van der Waals surface area contributed by atoms with Crippen molar-refractivity contribution < 1.29 is 14.6 Å². The van der Waals surface area contributed by atoms with Gasteiger partial charge in [-0.15, -0.1) is 0 Å². The van der Waals surface area contributed by atoms with Crippen LogP contribution >= 0.6 is 0 Å². The molecule has 0 bridgehead atoms. The van der Waals surface area contributed by atoms with Crippen LogP contribution in [0.25, 0.3) is 0 Å². The zero-order chi connectivity index (χ0) is 14.6. The fraction of sp³-hybridized carbons (Fsp3) is 0.133. The van der Waals surface area contributed by atoms with Gasteiger partial charge in [-0.05, 0) is 23.3 Å². The minimum Gasteiger partial charge on any atom is -0.497 e. The maximum Gasteiger partial charge on any atom is 0.275 e. The van der Waals surface area contributed by atoms with Crippen LogP contribution in [0.4, 0.5) is 0 Å². The SMILES string of the molecule is COc1ccc([C@](O)(C(=O)NN)c2ccccc2)cc1. The van der Waals surface area contributed by atoms with E-state index >= 15 is 0 Å². The summed E-state index contributed by atoms with van der Waals surface area (Å²) in [5.74, 6) is 5.14. The second-order valence-corrected chi connectivity index (χ2v) is 4.28. The Morgan fingerprint density at radius 2 is 1.65 bits per heavy atom. The molecule has 0 saturated heterocycles. The summed E-state index contributed by atoms with van der Waals surface area (Å²) in [5.41, 5.74) is 1.01. The first-order chi connectivity index (χ1) is 9.62. The lowest BCUT2D eigenvalue weighted by Crippen LogP contribution is -2.48. The molecule has 0 spiro atoms. The van der Waals surface area contributed by atoms with E-state index in [1.807, 2.05) is 5.43 Å². The predicted octanol–water partition coefficient (Wildman–Crippen LogP) is 0.921. The summed E-state index contributed by atoms with van der Waals surface area (Å²) in [7, 11) is 1.55. The van der Waals surface area contributed by atoms with Crippen LogP contribution in [0.3, 0.4) is 0 Å². The van der Waals surface area contributed by atoms with Crippen LogP contribution in [0.2, 0.25) is 0 Å². The third kappa shape index (κ3) is 2.36. The number of benzene rings is 2. The number of hydrogen-bond donors (Lipinski definition) is 3. The molecule has 0 radical (unpaired) electrons. The van der Waals surface area contributed by atoms with Crippen molar-refractivity contribution in [3.05, 3.63) is 65.7 Å². The number of nitrogens with one attached hydrogen (secondary N) is 1. The standard InChI is InChI=1S/C15H16N2O3/c1-20-13-9-7-12(8-10-13)15(19,14(18)17-16)11-5-3-2-4-6-11/h2-10,19H,16H2,1H3,(H,17,18)/t15-/m0/s1. The van der Waals surface area contributed by atoms with E-state index in [1.54, 1.807) is 61.7 Å². The number of aliphatic hydroxyl groups is 1. The Hall–Kier alpha value is -2.37. The summed E-state index contributed by atoms with van der Waals surface area (Å²) >= 11 is 0. The number of rotatable bonds is 4. The number of hydrazine groups is 1. The first-order valence-electron chi connectivity index (χ1n) is 6.06. The van der Waals surface area contributed by atoms with E-state index in [0.29, 0.717) is 16.9 Å². The van der Waals surface area contributed by atoms with Crippen LogP contribution in [-0.4, -0.2) is 18.1 Å². The van der Waals surface area contributed by atoms with Gasteiger partial charge in [0.2, 0.25) is 0 Å². The smallest absolute Gasteiger partial charge is 0.275 e. The lowest BCUT2D eigenvalue weighted by atomic mass is 9.85. The van der Waals surface area contributed by atoms with Crippen molar-refractivity contribution in [3.8, 4) is 5.75 Å². The molecule has 2 rings (SSSR count). The minimum atomic E-state index is -1.84. The molecule has 0 saturated carbocycles. The van der Waals surface area contributed by atoms with Gasteiger partial charge in [-0.1, -0.05) is 42.5 Å². The van der Waals surface area contributed by atoms with Crippen LogP contribution in [0.1, 0.15) is 11.1 Å². The zero-order valence-corrected chi connectivity index (χ0v) is 11.0. The quantitative estimate of drug-likeness (QED) is 0.439. The third-order valence-electron chi connectivity index (χ3n) is 3.16. The number of methoxy groups -OCH3 is 1. The largest absolute Gasteiger partial charge is 0.497 e. The predicted molar refractivity (Wildman–Crippen MR) is 74.8 cm³/mol. The summed E-state index contributed by atoms with van der Waals surface area (Å²) in [4.78, 5) is 12.1. The lowest BCUT2D eigenvalue weighted by Gasteiger charge is -2.27. The molecule has 0 unspecified atom stereocenters. The van der Waals surface area contributed by atoms with Crippen molar-refractivity contribution in [3.63, 3.8) is 0 Å². The van der Waals surface area contributed by atoms with Gasteiger partial charge in [0.15, 0.2) is 5.60 Å². The summed E-state index contributed by atoms with van der Waals surface area (Å²) in [6.45, 7) is 0. The van der Waals surface area contributed by atoms with E-state index in [2.05, 4.69) is 0 Å². The number of amides is 1. The Bertz CT molecular complexity index is 584. The second-order valence-electron chi connectivity index (χ2n) is 4.28. The van der Waals surface area contributed by atoms with Crippen LogP contribution < -0.4 is 16.0 Å². The Morgan fingerprint density at radius 1 is 1.10 bits per heavy atom. The molecule has 1 amide bonds. The number of ether oxygens (including phenoxy) is 1.